The second-order valence-corrected chi connectivity index (χ2v) is 6.43. The van der Waals surface area contributed by atoms with Crippen LogP contribution in [0.1, 0.15) is 22.8 Å². The molecule has 2 aromatic rings. The van der Waals surface area contributed by atoms with Crippen LogP contribution in [-0.4, -0.2) is 16.6 Å². The van der Waals surface area contributed by atoms with E-state index in [0.717, 1.165) is 20.8 Å². The van der Waals surface area contributed by atoms with Crippen molar-refractivity contribution in [1.29, 1.82) is 0 Å². The number of benzene rings is 1. The maximum atomic E-state index is 12.2. The summed E-state index contributed by atoms with van der Waals surface area (Å²) in [6.07, 6.45) is 1.68. The number of anilines is 1. The molecule has 1 aromatic heterocycles. The third kappa shape index (κ3) is 3.84. The number of pyridine rings is 1. The standard InChI is InChI=1S/C15H15BrN2OS/c1-3-20-14-7-5-12(9-17-14)18-15(19)13-6-4-11(16)8-10(13)2/h4-9H,3H2,1-2H3,(H,18,19). The van der Waals surface area contributed by atoms with E-state index in [2.05, 4.69) is 33.2 Å². The summed E-state index contributed by atoms with van der Waals surface area (Å²) in [5.74, 6) is 0.865. The van der Waals surface area contributed by atoms with Crippen LogP contribution in [0.4, 0.5) is 5.69 Å². The summed E-state index contributed by atoms with van der Waals surface area (Å²) < 4.78 is 0.967. The molecule has 104 valence electrons. The first-order valence-corrected chi connectivity index (χ1v) is 8.04. The van der Waals surface area contributed by atoms with Crippen LogP contribution < -0.4 is 5.32 Å². The van der Waals surface area contributed by atoms with Gasteiger partial charge in [0, 0.05) is 10.0 Å². The number of carbonyl (C=O) groups is 1. The third-order valence-corrected chi connectivity index (χ3v) is 4.04. The monoisotopic (exact) mass is 350 g/mol. The van der Waals surface area contributed by atoms with Crippen LogP contribution in [0.15, 0.2) is 46.0 Å². The minimum atomic E-state index is -0.118. The van der Waals surface area contributed by atoms with Crippen molar-refractivity contribution < 1.29 is 4.79 Å². The molecule has 2 rings (SSSR count). The molecule has 0 aliphatic carbocycles. The summed E-state index contributed by atoms with van der Waals surface area (Å²) in [5.41, 5.74) is 2.31. The van der Waals surface area contributed by atoms with Crippen molar-refractivity contribution in [3.8, 4) is 0 Å². The molecule has 1 amide bonds. The molecule has 20 heavy (non-hydrogen) atoms. The molecule has 0 aliphatic rings. The molecule has 0 saturated carbocycles. The highest BCUT2D eigenvalue weighted by Gasteiger charge is 2.09. The number of aromatic nitrogens is 1. The number of carbonyl (C=O) groups excluding carboxylic acids is 1. The Bertz CT molecular complexity index is 614. The van der Waals surface area contributed by atoms with Gasteiger partial charge in [0.25, 0.3) is 5.91 Å². The van der Waals surface area contributed by atoms with Crippen molar-refractivity contribution in [2.75, 3.05) is 11.1 Å². The topological polar surface area (TPSA) is 42.0 Å². The number of nitrogens with zero attached hydrogens (tertiary/aromatic N) is 1. The Morgan fingerprint density at radius 1 is 1.35 bits per heavy atom. The summed E-state index contributed by atoms with van der Waals surface area (Å²) in [6.45, 7) is 4.00. The van der Waals surface area contributed by atoms with Crippen LogP contribution in [0.25, 0.3) is 0 Å². The zero-order valence-electron chi connectivity index (χ0n) is 11.3. The summed E-state index contributed by atoms with van der Waals surface area (Å²) in [4.78, 5) is 16.5. The van der Waals surface area contributed by atoms with Gasteiger partial charge < -0.3 is 5.32 Å². The molecule has 0 saturated heterocycles. The predicted molar refractivity (Wildman–Crippen MR) is 87.5 cm³/mol. The Morgan fingerprint density at radius 3 is 2.75 bits per heavy atom. The van der Waals surface area contributed by atoms with Gasteiger partial charge in [0.1, 0.15) is 0 Å². The van der Waals surface area contributed by atoms with Gasteiger partial charge >= 0.3 is 0 Å². The van der Waals surface area contributed by atoms with E-state index in [1.165, 1.54) is 0 Å². The van der Waals surface area contributed by atoms with E-state index in [1.54, 1.807) is 18.0 Å². The van der Waals surface area contributed by atoms with Gasteiger partial charge in [-0.15, -0.1) is 11.8 Å². The second kappa shape index (κ2) is 6.90. The number of rotatable bonds is 4. The van der Waals surface area contributed by atoms with E-state index < -0.39 is 0 Å². The Kier molecular flexibility index (Phi) is 5.20. The highest BCUT2D eigenvalue weighted by Crippen LogP contribution is 2.19. The largest absolute Gasteiger partial charge is 0.321 e. The van der Waals surface area contributed by atoms with Crippen molar-refractivity contribution in [2.45, 2.75) is 18.9 Å². The number of thioether (sulfide) groups is 1. The Morgan fingerprint density at radius 2 is 2.15 bits per heavy atom. The van der Waals surface area contributed by atoms with Crippen LogP contribution in [0, 0.1) is 6.92 Å². The first-order valence-electron chi connectivity index (χ1n) is 6.26. The average molecular weight is 351 g/mol. The van der Waals surface area contributed by atoms with Crippen molar-refractivity contribution in [3.05, 3.63) is 52.1 Å². The van der Waals surface area contributed by atoms with Crippen LogP contribution in [0.5, 0.6) is 0 Å². The molecule has 3 nitrogen and oxygen atoms in total. The Hall–Kier alpha value is -1.33. The molecule has 1 heterocycles. The first-order chi connectivity index (χ1) is 9.60. The second-order valence-electron chi connectivity index (χ2n) is 4.23. The summed E-state index contributed by atoms with van der Waals surface area (Å²) in [5, 5.41) is 3.83. The van der Waals surface area contributed by atoms with Gasteiger partial charge in [-0.3, -0.25) is 4.79 Å². The van der Waals surface area contributed by atoms with E-state index in [9.17, 15) is 4.79 Å². The predicted octanol–water partition coefficient (Wildman–Crippen LogP) is 4.52. The van der Waals surface area contributed by atoms with Crippen LogP contribution in [-0.2, 0) is 0 Å². The Labute approximate surface area is 131 Å². The number of aryl methyl sites for hydroxylation is 1. The lowest BCUT2D eigenvalue weighted by Crippen LogP contribution is -2.13. The fourth-order valence-electron chi connectivity index (χ4n) is 1.77. The van der Waals surface area contributed by atoms with Gasteiger partial charge in [0.05, 0.1) is 16.9 Å². The van der Waals surface area contributed by atoms with E-state index in [4.69, 9.17) is 0 Å². The molecular formula is C15H15BrN2OS. The van der Waals surface area contributed by atoms with E-state index in [0.29, 0.717) is 11.3 Å². The minimum absolute atomic E-state index is 0.118. The fraction of sp³-hybridized carbons (Fsp3) is 0.200. The molecular weight excluding hydrogens is 336 g/mol. The highest BCUT2D eigenvalue weighted by atomic mass is 79.9. The number of halogens is 1. The lowest BCUT2D eigenvalue weighted by Gasteiger charge is -2.08. The molecule has 0 aliphatic heterocycles. The first kappa shape index (κ1) is 15.1. The maximum absolute atomic E-state index is 12.2. The smallest absolute Gasteiger partial charge is 0.255 e. The van der Waals surface area contributed by atoms with E-state index in [-0.39, 0.29) is 5.91 Å². The van der Waals surface area contributed by atoms with Crippen molar-refractivity contribution in [3.63, 3.8) is 0 Å². The molecule has 0 fully saturated rings. The molecule has 0 atom stereocenters. The van der Waals surface area contributed by atoms with Gasteiger partial charge in [-0.1, -0.05) is 22.9 Å². The molecule has 0 unspecified atom stereocenters. The van der Waals surface area contributed by atoms with Gasteiger partial charge in [-0.2, -0.15) is 0 Å². The van der Waals surface area contributed by atoms with E-state index >= 15 is 0 Å². The summed E-state index contributed by atoms with van der Waals surface area (Å²) >= 11 is 5.07. The average Bonchev–Trinajstić information content (AvgIpc) is 2.41. The molecule has 0 spiro atoms. The lowest BCUT2D eigenvalue weighted by atomic mass is 10.1. The zero-order valence-corrected chi connectivity index (χ0v) is 13.7. The third-order valence-electron chi connectivity index (χ3n) is 2.72. The SMILES string of the molecule is CCSc1ccc(NC(=O)c2ccc(Br)cc2C)cn1. The summed E-state index contributed by atoms with van der Waals surface area (Å²) in [7, 11) is 0. The van der Waals surface area contributed by atoms with Crippen molar-refractivity contribution in [2.24, 2.45) is 0 Å². The molecule has 1 N–H and O–H groups in total. The number of hydrogen-bond acceptors (Lipinski definition) is 3. The summed E-state index contributed by atoms with van der Waals surface area (Å²) in [6, 6.07) is 9.38. The maximum Gasteiger partial charge on any atom is 0.255 e. The van der Waals surface area contributed by atoms with E-state index in [1.807, 2.05) is 37.3 Å². The minimum Gasteiger partial charge on any atom is -0.321 e. The number of hydrogen-bond donors (Lipinski definition) is 1. The van der Waals surface area contributed by atoms with Gasteiger partial charge in [0.15, 0.2) is 0 Å². The number of nitrogens with one attached hydrogen (secondary N) is 1. The van der Waals surface area contributed by atoms with Crippen LogP contribution in [0.2, 0.25) is 0 Å². The van der Waals surface area contributed by atoms with Crippen LogP contribution >= 0.6 is 27.7 Å². The number of amides is 1. The van der Waals surface area contributed by atoms with Crippen molar-refractivity contribution >= 4 is 39.3 Å². The fourth-order valence-corrected chi connectivity index (χ4v) is 2.83. The normalized spacial score (nSPS) is 10.3. The molecule has 5 heteroatoms. The van der Waals surface area contributed by atoms with Gasteiger partial charge in [0.2, 0.25) is 0 Å². The molecule has 0 bridgehead atoms. The molecule has 1 aromatic carbocycles. The van der Waals surface area contributed by atoms with Crippen molar-refractivity contribution in [1.82, 2.24) is 4.98 Å². The quantitative estimate of drug-likeness (QED) is 0.824. The van der Waals surface area contributed by atoms with Gasteiger partial charge in [-0.25, -0.2) is 4.98 Å². The highest BCUT2D eigenvalue weighted by molar-refractivity contribution is 9.10. The zero-order chi connectivity index (χ0) is 14.5. The van der Waals surface area contributed by atoms with Gasteiger partial charge in [-0.05, 0) is 48.6 Å². The van der Waals surface area contributed by atoms with Crippen LogP contribution in [0.3, 0.4) is 0 Å². The molecule has 0 radical (unpaired) electrons. The Balaban J connectivity index is 2.11. The lowest BCUT2D eigenvalue weighted by molar-refractivity contribution is 0.102.